The van der Waals surface area contributed by atoms with Gasteiger partial charge < -0.3 is 15.1 Å². The topological polar surface area (TPSA) is 95.8 Å². The number of nitrogens with one attached hydrogen (secondary N) is 1. The normalized spacial score (nSPS) is 14.6. The van der Waals surface area contributed by atoms with Gasteiger partial charge in [0.25, 0.3) is 5.69 Å². The van der Waals surface area contributed by atoms with E-state index in [1.54, 1.807) is 31.3 Å². The summed E-state index contributed by atoms with van der Waals surface area (Å²) in [5.74, 6) is 2.10. The number of carbonyl (C=O) groups excluding carboxylic acids is 2. The first kappa shape index (κ1) is 22.6. The zero-order chi connectivity index (χ0) is 22.4. The monoisotopic (exact) mass is 442 g/mol. The highest BCUT2D eigenvalue weighted by atomic mass is 32.2. The van der Waals surface area contributed by atoms with E-state index in [0.29, 0.717) is 17.7 Å². The molecule has 2 aromatic rings. The number of rotatable bonds is 6. The van der Waals surface area contributed by atoms with Crippen LogP contribution in [0.5, 0.6) is 0 Å². The Labute approximate surface area is 185 Å². The Morgan fingerprint density at radius 1 is 1.19 bits per heavy atom. The Hall–Kier alpha value is -3.07. The van der Waals surface area contributed by atoms with Crippen molar-refractivity contribution in [2.24, 2.45) is 0 Å². The average Bonchev–Trinajstić information content (AvgIpc) is 2.80. The van der Waals surface area contributed by atoms with Crippen LogP contribution in [0, 0.1) is 10.1 Å². The van der Waals surface area contributed by atoms with E-state index in [1.165, 1.54) is 17.0 Å². The van der Waals surface area contributed by atoms with Gasteiger partial charge in [-0.2, -0.15) is 11.8 Å². The van der Waals surface area contributed by atoms with Gasteiger partial charge >= 0.3 is 6.03 Å². The Morgan fingerprint density at radius 3 is 2.52 bits per heavy atom. The molecule has 3 rings (SSSR count). The predicted octanol–water partition coefficient (Wildman–Crippen LogP) is 3.94. The quantitative estimate of drug-likeness (QED) is 0.540. The van der Waals surface area contributed by atoms with Crippen molar-refractivity contribution in [2.75, 3.05) is 37.0 Å². The largest absolute Gasteiger partial charge is 0.341 e. The van der Waals surface area contributed by atoms with Crippen molar-refractivity contribution in [2.45, 2.75) is 19.4 Å². The van der Waals surface area contributed by atoms with E-state index < -0.39 is 4.92 Å². The minimum atomic E-state index is -0.452. The number of urea groups is 1. The summed E-state index contributed by atoms with van der Waals surface area (Å²) in [5, 5.41) is 13.8. The van der Waals surface area contributed by atoms with E-state index in [0.717, 1.165) is 30.2 Å². The van der Waals surface area contributed by atoms with Crippen molar-refractivity contribution >= 4 is 35.1 Å². The van der Waals surface area contributed by atoms with Crippen LogP contribution in [0.15, 0.2) is 48.5 Å². The van der Waals surface area contributed by atoms with Gasteiger partial charge in [0.05, 0.1) is 17.4 Å². The molecule has 3 amide bonds. The number of nitro groups is 1. The van der Waals surface area contributed by atoms with Gasteiger partial charge in [-0.3, -0.25) is 14.9 Å². The summed E-state index contributed by atoms with van der Waals surface area (Å²) in [4.78, 5) is 39.0. The number of non-ortho nitro benzene ring substituents is 1. The molecular weight excluding hydrogens is 416 g/mol. The van der Waals surface area contributed by atoms with Crippen LogP contribution in [0.1, 0.15) is 24.1 Å². The summed E-state index contributed by atoms with van der Waals surface area (Å²) in [6, 6.07) is 12.8. The molecule has 0 spiro atoms. The second-order valence-electron chi connectivity index (χ2n) is 7.44. The summed E-state index contributed by atoms with van der Waals surface area (Å²) in [6.45, 7) is 3.41. The molecule has 9 heteroatoms. The first-order valence-electron chi connectivity index (χ1n) is 10.1. The summed E-state index contributed by atoms with van der Waals surface area (Å²) in [5.41, 5.74) is 2.19. The summed E-state index contributed by atoms with van der Waals surface area (Å²) in [7, 11) is 1.64. The van der Waals surface area contributed by atoms with Gasteiger partial charge in [0.1, 0.15) is 0 Å². The lowest BCUT2D eigenvalue weighted by Gasteiger charge is -2.26. The standard InChI is InChI=1S/C22H26N4O4S/c1-16(18-4-3-5-20(15-18)26(29)30)24(2)22(28)23-19-8-6-17(7-9-19)14-21(27)25-10-12-31-13-11-25/h3-9,15-16H,10-14H2,1-2H3,(H,23,28). The fourth-order valence-corrected chi connectivity index (χ4v) is 4.22. The van der Waals surface area contributed by atoms with Crippen molar-refractivity contribution in [1.29, 1.82) is 0 Å². The smallest absolute Gasteiger partial charge is 0.322 e. The third-order valence-electron chi connectivity index (χ3n) is 5.39. The molecule has 1 aliphatic rings. The third kappa shape index (κ3) is 5.97. The summed E-state index contributed by atoms with van der Waals surface area (Å²) in [6.07, 6.45) is 0.350. The number of carbonyl (C=O) groups is 2. The van der Waals surface area contributed by atoms with Gasteiger partial charge in [0, 0.05) is 49.5 Å². The highest BCUT2D eigenvalue weighted by molar-refractivity contribution is 7.99. The Balaban J connectivity index is 1.57. The van der Waals surface area contributed by atoms with Crippen molar-refractivity contribution < 1.29 is 14.5 Å². The fraction of sp³-hybridized carbons (Fsp3) is 0.364. The van der Waals surface area contributed by atoms with Crippen molar-refractivity contribution in [1.82, 2.24) is 9.80 Å². The number of amides is 3. The molecule has 0 aliphatic carbocycles. The lowest BCUT2D eigenvalue weighted by molar-refractivity contribution is -0.384. The third-order valence-corrected chi connectivity index (χ3v) is 6.33. The Kier molecular flexibility index (Phi) is 7.51. The molecule has 1 unspecified atom stereocenters. The second-order valence-corrected chi connectivity index (χ2v) is 8.66. The SMILES string of the molecule is CC(c1cccc([N+](=O)[O-])c1)N(C)C(=O)Nc1ccc(CC(=O)N2CCSCC2)cc1. The van der Waals surface area contributed by atoms with Crippen LogP contribution < -0.4 is 5.32 Å². The van der Waals surface area contributed by atoms with Crippen molar-refractivity contribution in [3.8, 4) is 0 Å². The molecule has 1 aliphatic heterocycles. The molecule has 2 aromatic carbocycles. The predicted molar refractivity (Wildman–Crippen MR) is 122 cm³/mol. The average molecular weight is 443 g/mol. The van der Waals surface area contributed by atoms with Crippen LogP contribution in [0.25, 0.3) is 0 Å². The van der Waals surface area contributed by atoms with E-state index in [-0.39, 0.29) is 23.7 Å². The lowest BCUT2D eigenvalue weighted by atomic mass is 10.1. The number of hydrogen-bond donors (Lipinski definition) is 1. The van der Waals surface area contributed by atoms with Gasteiger partial charge in [-0.15, -0.1) is 0 Å². The van der Waals surface area contributed by atoms with Crippen LogP contribution in [0.3, 0.4) is 0 Å². The van der Waals surface area contributed by atoms with E-state index in [9.17, 15) is 19.7 Å². The number of hydrogen-bond acceptors (Lipinski definition) is 5. The maximum Gasteiger partial charge on any atom is 0.322 e. The first-order chi connectivity index (χ1) is 14.8. The van der Waals surface area contributed by atoms with Gasteiger partial charge in [-0.1, -0.05) is 24.3 Å². The number of anilines is 1. The van der Waals surface area contributed by atoms with E-state index >= 15 is 0 Å². The minimum Gasteiger partial charge on any atom is -0.341 e. The number of thioether (sulfide) groups is 1. The second kappa shape index (κ2) is 10.3. The molecule has 8 nitrogen and oxygen atoms in total. The molecule has 1 N–H and O–H groups in total. The molecule has 0 radical (unpaired) electrons. The van der Waals surface area contributed by atoms with Gasteiger partial charge in [-0.25, -0.2) is 4.79 Å². The van der Waals surface area contributed by atoms with E-state index in [4.69, 9.17) is 0 Å². The molecule has 0 bridgehead atoms. The maximum absolute atomic E-state index is 12.6. The summed E-state index contributed by atoms with van der Waals surface area (Å²) < 4.78 is 0. The maximum atomic E-state index is 12.6. The molecule has 164 valence electrons. The van der Waals surface area contributed by atoms with Crippen molar-refractivity contribution in [3.05, 3.63) is 69.8 Å². The molecule has 0 saturated carbocycles. The molecule has 1 heterocycles. The zero-order valence-corrected chi connectivity index (χ0v) is 18.4. The van der Waals surface area contributed by atoms with Gasteiger partial charge in [0.2, 0.25) is 5.91 Å². The molecule has 0 aromatic heterocycles. The summed E-state index contributed by atoms with van der Waals surface area (Å²) >= 11 is 1.87. The van der Waals surface area contributed by atoms with Crippen LogP contribution in [0.4, 0.5) is 16.2 Å². The van der Waals surface area contributed by atoms with E-state index in [1.807, 2.05) is 35.7 Å². The van der Waals surface area contributed by atoms with Crippen LogP contribution in [-0.4, -0.2) is 58.3 Å². The highest BCUT2D eigenvalue weighted by Gasteiger charge is 2.20. The molecular formula is C22H26N4O4S. The minimum absolute atomic E-state index is 0.00778. The lowest BCUT2D eigenvalue weighted by Crippen LogP contribution is -2.38. The first-order valence-corrected chi connectivity index (χ1v) is 11.2. The molecule has 1 fully saturated rings. The molecule has 1 atom stereocenters. The molecule has 31 heavy (non-hydrogen) atoms. The van der Waals surface area contributed by atoms with Gasteiger partial charge in [-0.05, 0) is 30.2 Å². The number of nitro benzene ring substituents is 1. The molecule has 1 saturated heterocycles. The van der Waals surface area contributed by atoms with Crippen molar-refractivity contribution in [3.63, 3.8) is 0 Å². The number of benzene rings is 2. The Morgan fingerprint density at radius 2 is 1.87 bits per heavy atom. The van der Waals surface area contributed by atoms with Gasteiger partial charge in [0.15, 0.2) is 0 Å². The fourth-order valence-electron chi connectivity index (χ4n) is 3.31. The Bertz CT molecular complexity index is 945. The van der Waals surface area contributed by atoms with Crippen LogP contribution >= 0.6 is 11.8 Å². The van der Waals surface area contributed by atoms with Crippen LogP contribution in [0.2, 0.25) is 0 Å². The van der Waals surface area contributed by atoms with Crippen LogP contribution in [-0.2, 0) is 11.2 Å². The zero-order valence-electron chi connectivity index (χ0n) is 17.6. The van der Waals surface area contributed by atoms with E-state index in [2.05, 4.69) is 5.32 Å². The highest BCUT2D eigenvalue weighted by Crippen LogP contribution is 2.24. The number of nitrogens with zero attached hydrogens (tertiary/aromatic N) is 3.